The number of benzene rings is 1. The summed E-state index contributed by atoms with van der Waals surface area (Å²) in [4.78, 5) is 45.6. The lowest BCUT2D eigenvalue weighted by Gasteiger charge is -2.32. The first-order valence-corrected chi connectivity index (χ1v) is 11.5. The fraction of sp³-hybridized carbons (Fsp3) is 0.462. The molecule has 33 heavy (non-hydrogen) atoms. The summed E-state index contributed by atoms with van der Waals surface area (Å²) in [5.74, 6) is -2.13. The molecule has 1 aliphatic heterocycles. The Labute approximate surface area is 195 Å². The number of carbonyl (C=O) groups is 3. The molecule has 3 rings (SSSR count). The molecule has 0 spiro atoms. The largest absolute Gasteiger partial charge is 0.381 e. The predicted molar refractivity (Wildman–Crippen MR) is 127 cm³/mol. The SMILES string of the molecule is CCNC(=O)C(c1cccnc1)N(C(=O)C(=O)C1CCCOC1)c1ccc(C(C)(C)C)cc1. The van der Waals surface area contributed by atoms with E-state index < -0.39 is 23.7 Å². The Morgan fingerprint density at radius 3 is 2.45 bits per heavy atom. The molecule has 7 heteroatoms. The summed E-state index contributed by atoms with van der Waals surface area (Å²) in [5.41, 5.74) is 2.02. The van der Waals surface area contributed by atoms with E-state index in [9.17, 15) is 14.4 Å². The highest BCUT2D eigenvalue weighted by molar-refractivity contribution is 6.42. The fourth-order valence-electron chi connectivity index (χ4n) is 3.97. The van der Waals surface area contributed by atoms with E-state index in [0.717, 1.165) is 12.0 Å². The van der Waals surface area contributed by atoms with Crippen molar-refractivity contribution >= 4 is 23.3 Å². The molecule has 1 aromatic carbocycles. The number of nitrogens with one attached hydrogen (secondary N) is 1. The lowest BCUT2D eigenvalue weighted by atomic mass is 9.87. The minimum Gasteiger partial charge on any atom is -0.381 e. The van der Waals surface area contributed by atoms with Gasteiger partial charge in [0, 0.05) is 36.8 Å². The van der Waals surface area contributed by atoms with Crippen molar-refractivity contribution in [1.29, 1.82) is 0 Å². The molecule has 0 radical (unpaired) electrons. The number of hydrogen-bond acceptors (Lipinski definition) is 5. The molecule has 1 aliphatic rings. The summed E-state index contributed by atoms with van der Waals surface area (Å²) in [5, 5.41) is 2.81. The molecule has 1 aromatic heterocycles. The van der Waals surface area contributed by atoms with E-state index in [1.807, 2.05) is 19.1 Å². The Morgan fingerprint density at radius 1 is 1.18 bits per heavy atom. The van der Waals surface area contributed by atoms with Crippen LogP contribution in [0, 0.1) is 5.92 Å². The Kier molecular flexibility index (Phi) is 7.97. The zero-order valence-electron chi connectivity index (χ0n) is 19.8. The zero-order valence-corrected chi connectivity index (χ0v) is 19.8. The second-order valence-corrected chi connectivity index (χ2v) is 9.33. The molecule has 0 aliphatic carbocycles. The first-order chi connectivity index (χ1) is 15.7. The fourth-order valence-corrected chi connectivity index (χ4v) is 3.97. The van der Waals surface area contributed by atoms with E-state index in [0.29, 0.717) is 30.8 Å². The Hall–Kier alpha value is -3.06. The summed E-state index contributed by atoms with van der Waals surface area (Å²) in [7, 11) is 0. The van der Waals surface area contributed by atoms with E-state index in [4.69, 9.17) is 4.74 Å². The predicted octanol–water partition coefficient (Wildman–Crippen LogP) is 3.59. The maximum absolute atomic E-state index is 13.7. The number of nitrogens with zero attached hydrogens (tertiary/aromatic N) is 2. The number of amides is 2. The first-order valence-electron chi connectivity index (χ1n) is 11.5. The maximum atomic E-state index is 13.7. The molecule has 2 amide bonds. The lowest BCUT2D eigenvalue weighted by Crippen LogP contribution is -2.48. The van der Waals surface area contributed by atoms with Gasteiger partial charge in [-0.15, -0.1) is 0 Å². The topological polar surface area (TPSA) is 88.6 Å². The van der Waals surface area contributed by atoms with Gasteiger partial charge in [0.05, 0.1) is 12.5 Å². The Bertz CT molecular complexity index is 961. The van der Waals surface area contributed by atoms with E-state index in [-0.39, 0.29) is 17.9 Å². The number of ketones is 1. The minimum atomic E-state index is -1.03. The number of hydrogen-bond donors (Lipinski definition) is 1. The standard InChI is InChI=1S/C26H33N3O4/c1-5-28-24(31)22(18-8-6-14-27-16-18)29(21-12-10-20(11-13-21)26(2,3)4)25(32)23(30)19-9-7-15-33-17-19/h6,8,10-14,16,19,22H,5,7,9,15,17H2,1-4H3,(H,28,31). The van der Waals surface area contributed by atoms with E-state index in [1.165, 1.54) is 4.90 Å². The molecule has 1 saturated heterocycles. The van der Waals surface area contributed by atoms with Crippen molar-refractivity contribution in [3.63, 3.8) is 0 Å². The van der Waals surface area contributed by atoms with Crippen LogP contribution in [0.5, 0.6) is 0 Å². The van der Waals surface area contributed by atoms with Crippen molar-refractivity contribution in [2.75, 3.05) is 24.7 Å². The van der Waals surface area contributed by atoms with Crippen LogP contribution in [0.2, 0.25) is 0 Å². The highest BCUT2D eigenvalue weighted by Crippen LogP contribution is 2.31. The van der Waals surface area contributed by atoms with Crippen molar-refractivity contribution in [2.45, 2.75) is 52.0 Å². The van der Waals surface area contributed by atoms with Crippen LogP contribution in [0.25, 0.3) is 0 Å². The van der Waals surface area contributed by atoms with Crippen LogP contribution < -0.4 is 10.2 Å². The van der Waals surface area contributed by atoms with Gasteiger partial charge in [-0.25, -0.2) is 0 Å². The number of ether oxygens (including phenoxy) is 1. The summed E-state index contributed by atoms with van der Waals surface area (Å²) in [6.07, 6.45) is 4.48. The van der Waals surface area contributed by atoms with E-state index in [2.05, 4.69) is 31.1 Å². The third kappa shape index (κ3) is 5.85. The average molecular weight is 452 g/mol. The van der Waals surface area contributed by atoms with Crippen LogP contribution in [0.3, 0.4) is 0 Å². The van der Waals surface area contributed by atoms with Crippen LogP contribution in [0.15, 0.2) is 48.8 Å². The molecule has 2 unspecified atom stereocenters. The van der Waals surface area contributed by atoms with E-state index in [1.54, 1.807) is 36.7 Å². The molecule has 2 atom stereocenters. The molecule has 0 saturated carbocycles. The lowest BCUT2D eigenvalue weighted by molar-refractivity contribution is -0.142. The van der Waals surface area contributed by atoms with Crippen molar-refractivity contribution < 1.29 is 19.1 Å². The number of anilines is 1. The van der Waals surface area contributed by atoms with Gasteiger partial charge in [0.1, 0.15) is 6.04 Å². The van der Waals surface area contributed by atoms with Gasteiger partial charge in [0.15, 0.2) is 0 Å². The number of aromatic nitrogens is 1. The molecule has 7 nitrogen and oxygen atoms in total. The second-order valence-electron chi connectivity index (χ2n) is 9.33. The maximum Gasteiger partial charge on any atom is 0.295 e. The van der Waals surface area contributed by atoms with Crippen LogP contribution in [-0.2, 0) is 24.5 Å². The molecule has 2 heterocycles. The van der Waals surface area contributed by atoms with Crippen LogP contribution in [0.4, 0.5) is 5.69 Å². The highest BCUT2D eigenvalue weighted by atomic mass is 16.5. The van der Waals surface area contributed by atoms with Crippen LogP contribution in [0.1, 0.15) is 57.7 Å². The van der Waals surface area contributed by atoms with Crippen molar-refractivity contribution in [3.8, 4) is 0 Å². The first kappa shape index (κ1) is 24.6. The van der Waals surface area contributed by atoms with Gasteiger partial charge in [0.25, 0.3) is 5.91 Å². The van der Waals surface area contributed by atoms with Gasteiger partial charge < -0.3 is 10.1 Å². The van der Waals surface area contributed by atoms with Gasteiger partial charge in [-0.2, -0.15) is 0 Å². The molecular weight excluding hydrogens is 418 g/mol. The zero-order chi connectivity index (χ0) is 24.0. The van der Waals surface area contributed by atoms with Gasteiger partial charge >= 0.3 is 0 Å². The second kappa shape index (κ2) is 10.7. The molecule has 176 valence electrons. The third-order valence-corrected chi connectivity index (χ3v) is 5.83. The summed E-state index contributed by atoms with van der Waals surface area (Å²) < 4.78 is 5.44. The van der Waals surface area contributed by atoms with Crippen molar-refractivity contribution in [1.82, 2.24) is 10.3 Å². The third-order valence-electron chi connectivity index (χ3n) is 5.83. The molecule has 1 N–H and O–H groups in total. The summed E-state index contributed by atoms with van der Waals surface area (Å²) in [6, 6.07) is 9.88. The Morgan fingerprint density at radius 2 is 1.91 bits per heavy atom. The minimum absolute atomic E-state index is 0.0784. The average Bonchev–Trinajstić information content (AvgIpc) is 2.82. The summed E-state index contributed by atoms with van der Waals surface area (Å²) >= 11 is 0. The number of Topliss-reactive ketones (excluding diaryl/α,β-unsaturated/α-hetero) is 1. The van der Waals surface area contributed by atoms with E-state index >= 15 is 0 Å². The highest BCUT2D eigenvalue weighted by Gasteiger charge is 2.38. The molecule has 2 aromatic rings. The molecule has 1 fully saturated rings. The Balaban J connectivity index is 2.08. The van der Waals surface area contributed by atoms with Crippen molar-refractivity contribution in [3.05, 3.63) is 59.9 Å². The number of likely N-dealkylation sites (N-methyl/N-ethyl adjacent to an activating group) is 1. The normalized spacial score (nSPS) is 17.2. The van der Waals surface area contributed by atoms with Crippen LogP contribution in [-0.4, -0.2) is 42.3 Å². The smallest absolute Gasteiger partial charge is 0.295 e. The number of rotatable bonds is 7. The molecular formula is C26H33N3O4. The van der Waals surface area contributed by atoms with Gasteiger partial charge in [-0.3, -0.25) is 24.3 Å². The monoisotopic (exact) mass is 451 g/mol. The van der Waals surface area contributed by atoms with Gasteiger partial charge in [-0.1, -0.05) is 39.0 Å². The number of carbonyl (C=O) groups excluding carboxylic acids is 3. The van der Waals surface area contributed by atoms with Gasteiger partial charge in [-0.05, 0) is 48.9 Å². The van der Waals surface area contributed by atoms with Crippen LogP contribution >= 0.6 is 0 Å². The molecule has 0 bridgehead atoms. The quantitative estimate of drug-likeness (QED) is 0.650. The van der Waals surface area contributed by atoms with Crippen molar-refractivity contribution in [2.24, 2.45) is 5.92 Å². The summed E-state index contributed by atoms with van der Waals surface area (Å²) in [6.45, 7) is 9.32. The number of pyridine rings is 1. The van der Waals surface area contributed by atoms with Gasteiger partial charge in [0.2, 0.25) is 11.7 Å².